The van der Waals surface area contributed by atoms with Crippen LogP contribution in [0.3, 0.4) is 0 Å². The second-order valence-electron chi connectivity index (χ2n) is 5.11. The van der Waals surface area contributed by atoms with Gasteiger partial charge < -0.3 is 14.0 Å². The lowest BCUT2D eigenvalue weighted by atomic mass is 10.1. The highest BCUT2D eigenvalue weighted by Gasteiger charge is 2.12. The highest BCUT2D eigenvalue weighted by molar-refractivity contribution is 7.99. The topological polar surface area (TPSA) is 66.2 Å². The number of benzene rings is 1. The zero-order valence-corrected chi connectivity index (χ0v) is 14.6. The average molecular weight is 335 g/mol. The third-order valence-electron chi connectivity index (χ3n) is 3.25. The van der Waals surface area contributed by atoms with E-state index in [1.54, 1.807) is 6.92 Å². The standard InChI is InChI=1S/C16H21N3O3S/c1-5-21-15(20)10-23-16-18-17-14(19(16)4)9-22-13-8-11(2)6-7-12(13)3/h6-8H,5,9-10H2,1-4H3. The molecule has 23 heavy (non-hydrogen) atoms. The Kier molecular flexibility index (Phi) is 6.04. The first kappa shape index (κ1) is 17.3. The molecule has 1 aromatic heterocycles. The van der Waals surface area contributed by atoms with Crippen LogP contribution in [0.2, 0.25) is 0 Å². The van der Waals surface area contributed by atoms with Gasteiger partial charge in [0.1, 0.15) is 12.4 Å². The van der Waals surface area contributed by atoms with E-state index in [4.69, 9.17) is 9.47 Å². The first-order valence-electron chi connectivity index (χ1n) is 7.38. The van der Waals surface area contributed by atoms with Crippen LogP contribution < -0.4 is 4.74 Å². The Hall–Kier alpha value is -2.02. The zero-order chi connectivity index (χ0) is 16.8. The van der Waals surface area contributed by atoms with Crippen molar-refractivity contribution in [2.75, 3.05) is 12.4 Å². The molecule has 0 saturated carbocycles. The number of ether oxygens (including phenoxy) is 2. The summed E-state index contributed by atoms with van der Waals surface area (Å²) in [4.78, 5) is 11.4. The lowest BCUT2D eigenvalue weighted by Gasteiger charge is -2.09. The van der Waals surface area contributed by atoms with Crippen LogP contribution in [0.15, 0.2) is 23.4 Å². The molecule has 0 unspecified atom stereocenters. The quantitative estimate of drug-likeness (QED) is 0.572. The Morgan fingerprint density at radius 2 is 2.09 bits per heavy atom. The van der Waals surface area contributed by atoms with E-state index in [1.807, 2.05) is 37.6 Å². The number of rotatable bonds is 7. The third kappa shape index (κ3) is 4.72. The van der Waals surface area contributed by atoms with Gasteiger partial charge in [-0.05, 0) is 38.0 Å². The van der Waals surface area contributed by atoms with E-state index >= 15 is 0 Å². The number of aryl methyl sites for hydroxylation is 2. The van der Waals surface area contributed by atoms with Crippen molar-refractivity contribution in [2.45, 2.75) is 32.5 Å². The summed E-state index contributed by atoms with van der Waals surface area (Å²) in [5.41, 5.74) is 2.23. The van der Waals surface area contributed by atoms with Crippen molar-refractivity contribution in [3.8, 4) is 5.75 Å². The SMILES string of the molecule is CCOC(=O)CSc1nnc(COc2cc(C)ccc2C)n1C. The van der Waals surface area contributed by atoms with Crippen LogP contribution in [0.5, 0.6) is 5.75 Å². The van der Waals surface area contributed by atoms with Gasteiger partial charge in [0.25, 0.3) is 0 Å². The van der Waals surface area contributed by atoms with Gasteiger partial charge in [-0.3, -0.25) is 4.79 Å². The summed E-state index contributed by atoms with van der Waals surface area (Å²) >= 11 is 1.30. The van der Waals surface area contributed by atoms with E-state index in [0.29, 0.717) is 24.2 Å². The van der Waals surface area contributed by atoms with Gasteiger partial charge in [-0.15, -0.1) is 10.2 Å². The summed E-state index contributed by atoms with van der Waals surface area (Å²) in [6.07, 6.45) is 0. The number of thioether (sulfide) groups is 1. The predicted molar refractivity (Wildman–Crippen MR) is 88.6 cm³/mol. The maximum absolute atomic E-state index is 11.4. The fourth-order valence-corrected chi connectivity index (χ4v) is 2.66. The summed E-state index contributed by atoms with van der Waals surface area (Å²) in [7, 11) is 1.86. The fourth-order valence-electron chi connectivity index (χ4n) is 1.93. The van der Waals surface area contributed by atoms with Crippen molar-refractivity contribution >= 4 is 17.7 Å². The zero-order valence-electron chi connectivity index (χ0n) is 13.8. The van der Waals surface area contributed by atoms with Crippen molar-refractivity contribution < 1.29 is 14.3 Å². The molecule has 0 radical (unpaired) electrons. The molecule has 1 aromatic carbocycles. The van der Waals surface area contributed by atoms with E-state index in [2.05, 4.69) is 16.3 Å². The molecule has 1 heterocycles. The van der Waals surface area contributed by atoms with Gasteiger partial charge in [-0.1, -0.05) is 23.9 Å². The van der Waals surface area contributed by atoms with Crippen LogP contribution in [0, 0.1) is 13.8 Å². The number of carbonyl (C=O) groups excluding carboxylic acids is 1. The van der Waals surface area contributed by atoms with Crippen LogP contribution in [-0.4, -0.2) is 33.1 Å². The molecular weight excluding hydrogens is 314 g/mol. The van der Waals surface area contributed by atoms with E-state index in [1.165, 1.54) is 11.8 Å². The number of hydrogen-bond donors (Lipinski definition) is 0. The molecule has 0 saturated heterocycles. The number of nitrogens with zero attached hydrogens (tertiary/aromatic N) is 3. The molecule has 2 aromatic rings. The molecule has 0 N–H and O–H groups in total. The maximum Gasteiger partial charge on any atom is 0.316 e. The van der Waals surface area contributed by atoms with Gasteiger partial charge in [0.15, 0.2) is 11.0 Å². The normalized spacial score (nSPS) is 10.6. The average Bonchev–Trinajstić information content (AvgIpc) is 2.87. The van der Waals surface area contributed by atoms with Crippen molar-refractivity contribution in [2.24, 2.45) is 7.05 Å². The molecule has 7 heteroatoms. The minimum absolute atomic E-state index is 0.220. The van der Waals surface area contributed by atoms with Gasteiger partial charge in [-0.25, -0.2) is 0 Å². The van der Waals surface area contributed by atoms with Crippen molar-refractivity contribution in [3.63, 3.8) is 0 Å². The monoisotopic (exact) mass is 335 g/mol. The van der Waals surface area contributed by atoms with Crippen LogP contribution in [-0.2, 0) is 23.2 Å². The molecule has 124 valence electrons. The molecule has 0 fully saturated rings. The van der Waals surface area contributed by atoms with Gasteiger partial charge in [0, 0.05) is 7.05 Å². The van der Waals surface area contributed by atoms with Gasteiger partial charge >= 0.3 is 5.97 Å². The first-order chi connectivity index (χ1) is 11.0. The molecule has 0 bridgehead atoms. The Labute approximate surface area is 140 Å². The van der Waals surface area contributed by atoms with Crippen LogP contribution >= 0.6 is 11.8 Å². The Bertz CT molecular complexity index is 685. The van der Waals surface area contributed by atoms with Gasteiger partial charge in [0.05, 0.1) is 12.4 Å². The number of carbonyl (C=O) groups is 1. The van der Waals surface area contributed by atoms with Gasteiger partial charge in [0.2, 0.25) is 0 Å². The largest absolute Gasteiger partial charge is 0.485 e. The Balaban J connectivity index is 1.96. The van der Waals surface area contributed by atoms with E-state index in [0.717, 1.165) is 16.9 Å². The molecule has 0 aliphatic rings. The fraction of sp³-hybridized carbons (Fsp3) is 0.438. The van der Waals surface area contributed by atoms with E-state index in [-0.39, 0.29) is 11.7 Å². The highest BCUT2D eigenvalue weighted by atomic mass is 32.2. The summed E-state index contributed by atoms with van der Waals surface area (Å²) in [6.45, 7) is 6.53. The molecule has 0 amide bonds. The maximum atomic E-state index is 11.4. The predicted octanol–water partition coefficient (Wildman–Crippen LogP) is 2.67. The molecule has 2 rings (SSSR count). The lowest BCUT2D eigenvalue weighted by molar-refractivity contribution is -0.139. The lowest BCUT2D eigenvalue weighted by Crippen LogP contribution is -2.08. The smallest absolute Gasteiger partial charge is 0.316 e. The Morgan fingerprint density at radius 1 is 1.30 bits per heavy atom. The molecule has 0 aliphatic heterocycles. The second kappa shape index (κ2) is 8.01. The molecule has 0 spiro atoms. The summed E-state index contributed by atoms with van der Waals surface area (Å²) < 4.78 is 12.6. The van der Waals surface area contributed by atoms with Crippen molar-refractivity contribution in [3.05, 3.63) is 35.2 Å². The molecule has 0 aliphatic carbocycles. The second-order valence-corrected chi connectivity index (χ2v) is 6.05. The molecular formula is C16H21N3O3S. The molecule has 6 nitrogen and oxygen atoms in total. The van der Waals surface area contributed by atoms with Crippen LogP contribution in [0.25, 0.3) is 0 Å². The van der Waals surface area contributed by atoms with E-state index < -0.39 is 0 Å². The van der Waals surface area contributed by atoms with Crippen LogP contribution in [0.1, 0.15) is 23.9 Å². The van der Waals surface area contributed by atoms with Crippen LogP contribution in [0.4, 0.5) is 0 Å². The van der Waals surface area contributed by atoms with Crippen molar-refractivity contribution in [1.82, 2.24) is 14.8 Å². The summed E-state index contributed by atoms with van der Waals surface area (Å²) in [5.74, 6) is 1.51. The highest BCUT2D eigenvalue weighted by Crippen LogP contribution is 2.21. The Morgan fingerprint density at radius 3 is 2.83 bits per heavy atom. The van der Waals surface area contributed by atoms with Crippen molar-refractivity contribution in [1.29, 1.82) is 0 Å². The number of hydrogen-bond acceptors (Lipinski definition) is 6. The minimum atomic E-state index is -0.256. The number of aromatic nitrogens is 3. The molecule has 0 atom stereocenters. The first-order valence-corrected chi connectivity index (χ1v) is 8.36. The van der Waals surface area contributed by atoms with E-state index in [9.17, 15) is 4.79 Å². The summed E-state index contributed by atoms with van der Waals surface area (Å²) in [5, 5.41) is 8.87. The van der Waals surface area contributed by atoms with Gasteiger partial charge in [-0.2, -0.15) is 0 Å². The third-order valence-corrected chi connectivity index (χ3v) is 4.24. The summed E-state index contributed by atoms with van der Waals surface area (Å²) in [6, 6.07) is 6.08. The number of esters is 1. The minimum Gasteiger partial charge on any atom is -0.485 e.